The molecule has 1 N–H and O–H groups in total. The summed E-state index contributed by atoms with van der Waals surface area (Å²) in [6.07, 6.45) is 3.92. The van der Waals surface area contributed by atoms with E-state index in [1.165, 1.54) is 31.6 Å². The lowest BCUT2D eigenvalue weighted by molar-refractivity contribution is -0.131. The van der Waals surface area contributed by atoms with Gasteiger partial charge in [0.2, 0.25) is 24.6 Å². The van der Waals surface area contributed by atoms with E-state index in [0.29, 0.717) is 48.7 Å². The van der Waals surface area contributed by atoms with Crippen molar-refractivity contribution in [3.05, 3.63) is 48.7 Å². The summed E-state index contributed by atoms with van der Waals surface area (Å²) < 4.78 is 22.0. The third kappa shape index (κ3) is 3.81. The number of hydrogen-bond acceptors (Lipinski definition) is 7. The fourth-order valence-corrected chi connectivity index (χ4v) is 4.35. The maximum Gasteiger partial charge on any atom is 0.247 e. The molecule has 11 heteroatoms. The summed E-state index contributed by atoms with van der Waals surface area (Å²) in [5, 5.41) is 10.4. The van der Waals surface area contributed by atoms with E-state index >= 15 is 0 Å². The molecule has 1 saturated heterocycles. The van der Waals surface area contributed by atoms with Gasteiger partial charge < -0.3 is 19.2 Å². The maximum atomic E-state index is 14.8. The van der Waals surface area contributed by atoms with Crippen LogP contribution in [0.5, 0.6) is 0 Å². The van der Waals surface area contributed by atoms with Crippen molar-refractivity contribution < 1.29 is 18.4 Å². The van der Waals surface area contributed by atoms with E-state index in [1.54, 1.807) is 11.0 Å². The van der Waals surface area contributed by atoms with Crippen LogP contribution in [0.4, 0.5) is 4.39 Å². The number of carbonyl (C=O) groups is 2. The Labute approximate surface area is 187 Å². The van der Waals surface area contributed by atoms with Crippen LogP contribution in [0, 0.1) is 5.82 Å². The molecule has 2 amide bonds. The third-order valence-corrected chi connectivity index (χ3v) is 5.81. The molecule has 4 aromatic rings. The Morgan fingerprint density at radius 3 is 2.91 bits per heavy atom. The van der Waals surface area contributed by atoms with Crippen LogP contribution in [0.2, 0.25) is 0 Å². The number of pyridine rings is 1. The highest BCUT2D eigenvalue weighted by molar-refractivity contribution is 5.84. The number of amides is 2. The van der Waals surface area contributed by atoms with E-state index in [9.17, 15) is 14.0 Å². The largest absolute Gasteiger partial charge is 0.423 e. The fraction of sp³-hybridized carbons (Fsp3) is 0.273. The van der Waals surface area contributed by atoms with Gasteiger partial charge in [-0.15, -0.1) is 10.2 Å². The zero-order valence-corrected chi connectivity index (χ0v) is 17.7. The molecular weight excluding hydrogens is 429 g/mol. The second-order valence-corrected chi connectivity index (χ2v) is 7.88. The van der Waals surface area contributed by atoms with Crippen molar-refractivity contribution in [2.24, 2.45) is 0 Å². The Kier molecular flexibility index (Phi) is 5.29. The van der Waals surface area contributed by atoms with Crippen molar-refractivity contribution in [2.75, 3.05) is 13.1 Å². The quantitative estimate of drug-likeness (QED) is 0.464. The molecule has 3 aromatic heterocycles. The van der Waals surface area contributed by atoms with Gasteiger partial charge in [-0.25, -0.2) is 14.4 Å². The molecule has 1 aromatic carbocycles. The smallest absolute Gasteiger partial charge is 0.247 e. The zero-order valence-electron chi connectivity index (χ0n) is 17.7. The molecule has 168 valence electrons. The minimum atomic E-state index is -0.506. The van der Waals surface area contributed by atoms with Crippen LogP contribution >= 0.6 is 0 Å². The molecule has 1 fully saturated rings. The zero-order chi connectivity index (χ0) is 22.9. The molecule has 0 radical (unpaired) electrons. The molecule has 2 unspecified atom stereocenters. The van der Waals surface area contributed by atoms with Gasteiger partial charge in [0.05, 0.1) is 17.1 Å². The first-order chi connectivity index (χ1) is 16.0. The summed E-state index contributed by atoms with van der Waals surface area (Å²) in [4.78, 5) is 33.9. The van der Waals surface area contributed by atoms with Crippen LogP contribution in [0.3, 0.4) is 0 Å². The molecule has 0 spiro atoms. The highest BCUT2D eigenvalue weighted by Gasteiger charge is 2.32. The van der Waals surface area contributed by atoms with Crippen LogP contribution < -0.4 is 5.32 Å². The normalized spacial score (nSPS) is 18.4. The summed E-state index contributed by atoms with van der Waals surface area (Å²) >= 11 is 0. The number of likely N-dealkylation sites (tertiary alicyclic amines) is 1. The number of imidazole rings is 1. The number of rotatable bonds is 5. The van der Waals surface area contributed by atoms with Gasteiger partial charge in [0, 0.05) is 37.8 Å². The molecule has 10 nitrogen and oxygen atoms in total. The maximum absolute atomic E-state index is 14.8. The molecule has 2 atom stereocenters. The van der Waals surface area contributed by atoms with E-state index in [-0.39, 0.29) is 23.7 Å². The molecule has 4 heterocycles. The molecular formula is C22H20FN7O3. The molecule has 5 rings (SSSR count). The SMILES string of the molecule is CC(=O)N1CC(NC=O)CC(n2c(-c3ncccc3F)nc3cc(-c4nnco4)ccc32)C1. The predicted octanol–water partition coefficient (Wildman–Crippen LogP) is 2.20. The monoisotopic (exact) mass is 449 g/mol. The summed E-state index contributed by atoms with van der Waals surface area (Å²) in [6, 6.07) is 7.78. The minimum absolute atomic E-state index is 0.105. The minimum Gasteiger partial charge on any atom is -0.423 e. The average molecular weight is 449 g/mol. The number of benzene rings is 1. The van der Waals surface area contributed by atoms with Crippen molar-refractivity contribution >= 4 is 23.4 Å². The van der Waals surface area contributed by atoms with Crippen LogP contribution in [-0.4, -0.2) is 61.1 Å². The number of halogens is 1. The van der Waals surface area contributed by atoms with Crippen molar-refractivity contribution in [3.63, 3.8) is 0 Å². The highest BCUT2D eigenvalue weighted by Crippen LogP contribution is 2.34. The summed E-state index contributed by atoms with van der Waals surface area (Å²) in [5.41, 5.74) is 2.10. The molecule has 1 aliphatic heterocycles. The van der Waals surface area contributed by atoms with Crippen LogP contribution in [0.25, 0.3) is 34.0 Å². The predicted molar refractivity (Wildman–Crippen MR) is 115 cm³/mol. The van der Waals surface area contributed by atoms with E-state index in [1.807, 2.05) is 16.7 Å². The number of piperidine rings is 1. The van der Waals surface area contributed by atoms with Gasteiger partial charge in [-0.2, -0.15) is 0 Å². The molecule has 0 aliphatic carbocycles. The van der Waals surface area contributed by atoms with Gasteiger partial charge in [-0.3, -0.25) is 9.59 Å². The van der Waals surface area contributed by atoms with E-state index < -0.39 is 5.82 Å². The topological polar surface area (TPSA) is 119 Å². The lowest BCUT2D eigenvalue weighted by Crippen LogP contribution is -2.50. The summed E-state index contributed by atoms with van der Waals surface area (Å²) in [5.74, 6) is 0.0674. The number of nitrogens with zero attached hydrogens (tertiary/aromatic N) is 6. The Morgan fingerprint density at radius 2 is 2.18 bits per heavy atom. The lowest BCUT2D eigenvalue weighted by atomic mass is 10.00. The number of nitrogens with one attached hydrogen (secondary N) is 1. The number of aromatic nitrogens is 5. The Balaban J connectivity index is 1.68. The number of carbonyl (C=O) groups excluding carboxylic acids is 2. The van der Waals surface area contributed by atoms with Crippen LogP contribution in [0.15, 0.2) is 47.3 Å². The Hall–Kier alpha value is -4.15. The molecule has 33 heavy (non-hydrogen) atoms. The van der Waals surface area contributed by atoms with E-state index in [2.05, 4.69) is 20.5 Å². The van der Waals surface area contributed by atoms with Gasteiger partial charge in [0.15, 0.2) is 11.6 Å². The lowest BCUT2D eigenvalue weighted by Gasteiger charge is -2.38. The second kappa shape index (κ2) is 8.41. The standard InChI is InChI=1S/C22H20FN7O3/c1-13(32)29-9-15(25-11-31)8-16(10-29)30-19-5-4-14(22-28-26-12-33-22)7-18(19)27-21(30)20-17(23)3-2-6-24-20/h2-7,11-12,15-16H,8-10H2,1H3,(H,25,31). The second-order valence-electron chi connectivity index (χ2n) is 7.88. The average Bonchev–Trinajstić information content (AvgIpc) is 3.47. The Bertz CT molecular complexity index is 1320. The van der Waals surface area contributed by atoms with Crippen molar-refractivity contribution in [1.82, 2.24) is 34.9 Å². The molecule has 0 saturated carbocycles. The molecule has 1 aliphatic rings. The van der Waals surface area contributed by atoms with Gasteiger partial charge in [0.1, 0.15) is 5.69 Å². The fourth-order valence-electron chi connectivity index (χ4n) is 4.35. The number of hydrogen-bond donors (Lipinski definition) is 1. The van der Waals surface area contributed by atoms with Gasteiger partial charge >= 0.3 is 0 Å². The van der Waals surface area contributed by atoms with Gasteiger partial charge in [0.25, 0.3) is 0 Å². The molecule has 0 bridgehead atoms. The highest BCUT2D eigenvalue weighted by atomic mass is 19.1. The van der Waals surface area contributed by atoms with Gasteiger partial charge in [-0.05, 0) is 36.8 Å². The van der Waals surface area contributed by atoms with Gasteiger partial charge in [-0.1, -0.05) is 0 Å². The number of fused-ring (bicyclic) bond motifs is 1. The van der Waals surface area contributed by atoms with Crippen molar-refractivity contribution in [1.29, 1.82) is 0 Å². The summed E-state index contributed by atoms with van der Waals surface area (Å²) in [7, 11) is 0. The Morgan fingerprint density at radius 1 is 1.30 bits per heavy atom. The first kappa shape index (κ1) is 20.7. The first-order valence-electron chi connectivity index (χ1n) is 10.4. The van der Waals surface area contributed by atoms with E-state index in [0.717, 1.165) is 5.52 Å². The third-order valence-electron chi connectivity index (χ3n) is 5.81. The van der Waals surface area contributed by atoms with Crippen molar-refractivity contribution in [3.8, 4) is 23.0 Å². The first-order valence-corrected chi connectivity index (χ1v) is 10.4. The van der Waals surface area contributed by atoms with Crippen LogP contribution in [-0.2, 0) is 9.59 Å². The van der Waals surface area contributed by atoms with Crippen LogP contribution in [0.1, 0.15) is 19.4 Å². The van der Waals surface area contributed by atoms with E-state index in [4.69, 9.17) is 9.40 Å². The van der Waals surface area contributed by atoms with Crippen molar-refractivity contribution in [2.45, 2.75) is 25.4 Å². The summed E-state index contributed by atoms with van der Waals surface area (Å²) in [6.45, 7) is 2.29.